The van der Waals surface area contributed by atoms with Gasteiger partial charge in [0.1, 0.15) is 5.75 Å². The van der Waals surface area contributed by atoms with Gasteiger partial charge in [-0.05, 0) is 36.1 Å². The molecule has 1 rings (SSSR count). The number of methoxy groups -OCH3 is 1. The molecular weight excluding hydrogens is 332 g/mol. The fourth-order valence-electron chi connectivity index (χ4n) is 1.97. The molecule has 0 fully saturated rings. The van der Waals surface area contributed by atoms with Crippen LogP contribution in [0.2, 0.25) is 5.02 Å². The van der Waals surface area contributed by atoms with Crippen molar-refractivity contribution in [3.63, 3.8) is 0 Å². The Kier molecular flexibility index (Phi) is 8.57. The molecule has 24 heavy (non-hydrogen) atoms. The minimum absolute atomic E-state index is 0.0947. The second kappa shape index (κ2) is 10.2. The van der Waals surface area contributed by atoms with E-state index in [0.29, 0.717) is 23.9 Å². The van der Waals surface area contributed by atoms with Crippen LogP contribution in [-0.4, -0.2) is 45.2 Å². The molecule has 0 atom stereocenters. The van der Waals surface area contributed by atoms with Crippen molar-refractivity contribution in [1.29, 1.82) is 0 Å². The van der Waals surface area contributed by atoms with E-state index in [4.69, 9.17) is 21.1 Å². The molecule has 0 spiro atoms. The Morgan fingerprint density at radius 1 is 1.21 bits per heavy atom. The van der Waals surface area contributed by atoms with Crippen LogP contribution in [0.5, 0.6) is 5.75 Å². The van der Waals surface area contributed by atoms with E-state index < -0.39 is 0 Å². The van der Waals surface area contributed by atoms with E-state index in [2.05, 4.69) is 10.6 Å². The van der Waals surface area contributed by atoms with E-state index in [1.54, 1.807) is 7.11 Å². The zero-order valence-corrected chi connectivity index (χ0v) is 15.3. The zero-order valence-electron chi connectivity index (χ0n) is 14.6. The number of nitrogens with one attached hydrogen (secondary N) is 2. The lowest BCUT2D eigenvalue weighted by Gasteiger charge is -2.16. The van der Waals surface area contributed by atoms with Gasteiger partial charge in [0, 0.05) is 18.7 Å². The van der Waals surface area contributed by atoms with Gasteiger partial charge in [-0.2, -0.15) is 0 Å². The fourth-order valence-corrected chi connectivity index (χ4v) is 2.15. The van der Waals surface area contributed by atoms with Crippen LogP contribution in [-0.2, 0) is 14.3 Å². The average Bonchev–Trinajstić information content (AvgIpc) is 2.53. The third-order valence-electron chi connectivity index (χ3n) is 3.35. The van der Waals surface area contributed by atoms with Crippen LogP contribution in [0.15, 0.2) is 12.1 Å². The molecule has 134 valence electrons. The van der Waals surface area contributed by atoms with Gasteiger partial charge < -0.3 is 20.1 Å². The summed E-state index contributed by atoms with van der Waals surface area (Å²) in [6.45, 7) is 6.51. The van der Waals surface area contributed by atoms with Crippen LogP contribution in [0.1, 0.15) is 30.9 Å². The van der Waals surface area contributed by atoms with E-state index in [-0.39, 0.29) is 30.9 Å². The van der Waals surface area contributed by atoms with Gasteiger partial charge in [0.15, 0.2) is 6.61 Å². The number of halogens is 1. The van der Waals surface area contributed by atoms with Gasteiger partial charge in [-0.3, -0.25) is 9.59 Å². The molecule has 0 aromatic heterocycles. The lowest BCUT2D eigenvalue weighted by molar-refractivity contribution is -0.127. The van der Waals surface area contributed by atoms with Crippen molar-refractivity contribution in [2.24, 2.45) is 0 Å². The lowest BCUT2D eigenvalue weighted by Crippen LogP contribution is -2.39. The number of benzene rings is 1. The Balaban J connectivity index is 2.50. The van der Waals surface area contributed by atoms with E-state index in [1.807, 2.05) is 32.9 Å². The number of carbonyl (C=O) groups excluding carboxylic acids is 2. The SMILES string of the molecule is COCCNC(=O)CNC(=O)COc1cc(C)c(Cl)cc1C(C)C. The first-order chi connectivity index (χ1) is 11.3. The summed E-state index contributed by atoms with van der Waals surface area (Å²) in [5, 5.41) is 5.80. The first-order valence-corrected chi connectivity index (χ1v) is 8.18. The van der Waals surface area contributed by atoms with Crippen molar-refractivity contribution >= 4 is 23.4 Å². The van der Waals surface area contributed by atoms with Crippen molar-refractivity contribution in [1.82, 2.24) is 10.6 Å². The summed E-state index contributed by atoms with van der Waals surface area (Å²) < 4.78 is 10.4. The summed E-state index contributed by atoms with van der Waals surface area (Å²) in [6, 6.07) is 3.68. The van der Waals surface area contributed by atoms with Crippen LogP contribution >= 0.6 is 11.6 Å². The Morgan fingerprint density at radius 2 is 1.92 bits per heavy atom. The highest BCUT2D eigenvalue weighted by molar-refractivity contribution is 6.31. The van der Waals surface area contributed by atoms with Crippen molar-refractivity contribution in [2.75, 3.05) is 33.4 Å². The van der Waals surface area contributed by atoms with Crippen molar-refractivity contribution < 1.29 is 19.1 Å². The molecule has 1 aromatic carbocycles. The summed E-state index contributed by atoms with van der Waals surface area (Å²) in [6.07, 6.45) is 0. The number of ether oxygens (including phenoxy) is 2. The molecule has 0 saturated heterocycles. The summed E-state index contributed by atoms with van der Waals surface area (Å²) in [4.78, 5) is 23.3. The fraction of sp³-hybridized carbons (Fsp3) is 0.529. The van der Waals surface area contributed by atoms with Crippen molar-refractivity contribution in [3.05, 3.63) is 28.3 Å². The summed E-state index contributed by atoms with van der Waals surface area (Å²) in [7, 11) is 1.55. The molecule has 1 aromatic rings. The quantitative estimate of drug-likeness (QED) is 0.664. The molecule has 0 aliphatic rings. The van der Waals surface area contributed by atoms with Gasteiger partial charge in [-0.1, -0.05) is 25.4 Å². The van der Waals surface area contributed by atoms with Gasteiger partial charge in [-0.25, -0.2) is 0 Å². The summed E-state index contributed by atoms with van der Waals surface area (Å²) in [5.74, 6) is 0.212. The second-order valence-corrected chi connectivity index (χ2v) is 6.11. The number of amides is 2. The van der Waals surface area contributed by atoms with E-state index in [9.17, 15) is 9.59 Å². The molecule has 6 nitrogen and oxygen atoms in total. The maximum Gasteiger partial charge on any atom is 0.258 e. The largest absolute Gasteiger partial charge is 0.483 e. The molecule has 0 aliphatic heterocycles. The Morgan fingerprint density at radius 3 is 2.54 bits per heavy atom. The maximum atomic E-state index is 11.8. The molecular formula is C17H25ClN2O4. The van der Waals surface area contributed by atoms with Crippen LogP contribution < -0.4 is 15.4 Å². The lowest BCUT2D eigenvalue weighted by atomic mass is 10.0. The Bertz CT molecular complexity index is 576. The smallest absolute Gasteiger partial charge is 0.258 e. The normalized spacial score (nSPS) is 10.6. The molecule has 2 amide bonds. The van der Waals surface area contributed by atoms with E-state index in [0.717, 1.165) is 11.1 Å². The predicted octanol–water partition coefficient (Wildman–Crippen LogP) is 2.03. The summed E-state index contributed by atoms with van der Waals surface area (Å²) >= 11 is 6.14. The third kappa shape index (κ3) is 6.76. The van der Waals surface area contributed by atoms with Crippen molar-refractivity contribution in [3.8, 4) is 5.75 Å². The molecule has 7 heteroatoms. The number of aryl methyl sites for hydroxylation is 1. The monoisotopic (exact) mass is 356 g/mol. The third-order valence-corrected chi connectivity index (χ3v) is 3.75. The minimum Gasteiger partial charge on any atom is -0.483 e. The average molecular weight is 357 g/mol. The highest BCUT2D eigenvalue weighted by Crippen LogP contribution is 2.31. The predicted molar refractivity (Wildman–Crippen MR) is 93.7 cm³/mol. The molecule has 0 unspecified atom stereocenters. The first kappa shape index (κ1) is 20.3. The highest BCUT2D eigenvalue weighted by atomic mass is 35.5. The van der Waals surface area contributed by atoms with Gasteiger partial charge in [0.05, 0.1) is 13.2 Å². The number of carbonyl (C=O) groups is 2. The van der Waals surface area contributed by atoms with Crippen LogP contribution in [0.25, 0.3) is 0 Å². The number of hydrogen-bond acceptors (Lipinski definition) is 4. The topological polar surface area (TPSA) is 76.7 Å². The van der Waals surface area contributed by atoms with Gasteiger partial charge in [0.25, 0.3) is 5.91 Å². The second-order valence-electron chi connectivity index (χ2n) is 5.70. The van der Waals surface area contributed by atoms with Crippen LogP contribution in [0, 0.1) is 6.92 Å². The highest BCUT2D eigenvalue weighted by Gasteiger charge is 2.13. The van der Waals surface area contributed by atoms with E-state index in [1.165, 1.54) is 0 Å². The van der Waals surface area contributed by atoms with Gasteiger partial charge in [-0.15, -0.1) is 0 Å². The standard InChI is InChI=1S/C17H25ClN2O4/c1-11(2)13-8-14(18)12(3)7-15(13)24-10-17(22)20-9-16(21)19-5-6-23-4/h7-8,11H,5-6,9-10H2,1-4H3,(H,19,21)(H,20,22). The van der Waals surface area contributed by atoms with E-state index >= 15 is 0 Å². The van der Waals surface area contributed by atoms with Gasteiger partial charge in [0.2, 0.25) is 5.91 Å². The molecule has 2 N–H and O–H groups in total. The zero-order chi connectivity index (χ0) is 18.1. The van der Waals surface area contributed by atoms with Crippen LogP contribution in [0.4, 0.5) is 0 Å². The minimum atomic E-state index is -0.362. The molecule has 0 aliphatic carbocycles. The Labute approximate surface area is 147 Å². The number of rotatable bonds is 9. The van der Waals surface area contributed by atoms with Gasteiger partial charge >= 0.3 is 0 Å². The summed E-state index contributed by atoms with van der Waals surface area (Å²) in [5.41, 5.74) is 1.82. The molecule has 0 heterocycles. The molecule has 0 radical (unpaired) electrons. The first-order valence-electron chi connectivity index (χ1n) is 7.80. The maximum absolute atomic E-state index is 11.8. The number of hydrogen-bond donors (Lipinski definition) is 2. The van der Waals surface area contributed by atoms with Crippen LogP contribution in [0.3, 0.4) is 0 Å². The molecule has 0 bridgehead atoms. The molecule has 0 saturated carbocycles. The Hall–Kier alpha value is -1.79. The van der Waals surface area contributed by atoms with Crippen molar-refractivity contribution in [2.45, 2.75) is 26.7 Å².